The molecule has 0 aliphatic carbocycles. The highest BCUT2D eigenvalue weighted by molar-refractivity contribution is 5.91. The summed E-state index contributed by atoms with van der Waals surface area (Å²) in [7, 11) is 0. The summed E-state index contributed by atoms with van der Waals surface area (Å²) in [6.07, 6.45) is 5.83. The van der Waals surface area contributed by atoms with Gasteiger partial charge >= 0.3 is 0 Å². The molecule has 0 spiro atoms. The number of fused-ring (bicyclic) bond motifs is 1. The summed E-state index contributed by atoms with van der Waals surface area (Å²) in [6.45, 7) is 1.77. The Bertz CT molecular complexity index is 1100. The molecule has 29 heavy (non-hydrogen) atoms. The van der Waals surface area contributed by atoms with Crippen molar-refractivity contribution in [2.45, 2.75) is 18.9 Å². The molecule has 144 valence electrons. The number of anilines is 1. The van der Waals surface area contributed by atoms with Gasteiger partial charge in [0, 0.05) is 29.9 Å². The SMILES string of the molecule is c1ccc(O[C@@H]2CCCN(c3nc(-c4cccnc4)nc4ccccc34)C2)cc1. The lowest BCUT2D eigenvalue weighted by Gasteiger charge is -2.34. The van der Waals surface area contributed by atoms with E-state index in [9.17, 15) is 0 Å². The quantitative estimate of drug-likeness (QED) is 0.510. The molecular formula is C24H22N4O. The lowest BCUT2D eigenvalue weighted by atomic mass is 10.1. The van der Waals surface area contributed by atoms with Gasteiger partial charge in [-0.25, -0.2) is 9.97 Å². The fourth-order valence-corrected chi connectivity index (χ4v) is 3.84. The van der Waals surface area contributed by atoms with E-state index >= 15 is 0 Å². The van der Waals surface area contributed by atoms with Gasteiger partial charge in [-0.2, -0.15) is 0 Å². The van der Waals surface area contributed by atoms with Crippen molar-refractivity contribution < 1.29 is 4.74 Å². The van der Waals surface area contributed by atoms with Gasteiger partial charge in [0.1, 0.15) is 17.7 Å². The minimum absolute atomic E-state index is 0.140. The first-order valence-electron chi connectivity index (χ1n) is 10.0. The normalized spacial score (nSPS) is 16.7. The predicted octanol–water partition coefficient (Wildman–Crippen LogP) is 4.74. The maximum atomic E-state index is 6.24. The van der Waals surface area contributed by atoms with Crippen LogP contribution in [0.15, 0.2) is 79.1 Å². The molecule has 0 radical (unpaired) electrons. The highest BCUT2D eigenvalue weighted by Crippen LogP contribution is 2.30. The van der Waals surface area contributed by atoms with E-state index in [1.165, 1.54) is 0 Å². The molecule has 1 saturated heterocycles. The number of hydrogen-bond donors (Lipinski definition) is 0. The Hall–Kier alpha value is -3.47. The second kappa shape index (κ2) is 7.87. The molecule has 5 rings (SSSR count). The second-order valence-corrected chi connectivity index (χ2v) is 7.27. The van der Waals surface area contributed by atoms with Crippen molar-refractivity contribution in [3.63, 3.8) is 0 Å². The minimum Gasteiger partial charge on any atom is -0.489 e. The predicted molar refractivity (Wildman–Crippen MR) is 115 cm³/mol. The summed E-state index contributed by atoms with van der Waals surface area (Å²) in [4.78, 5) is 16.3. The molecular weight excluding hydrogens is 360 g/mol. The van der Waals surface area contributed by atoms with Crippen molar-refractivity contribution in [2.24, 2.45) is 0 Å². The second-order valence-electron chi connectivity index (χ2n) is 7.27. The smallest absolute Gasteiger partial charge is 0.163 e. The molecule has 1 aliphatic heterocycles. The number of nitrogens with zero attached hydrogens (tertiary/aromatic N) is 4. The molecule has 0 saturated carbocycles. The molecule has 0 amide bonds. The van der Waals surface area contributed by atoms with Gasteiger partial charge in [0.15, 0.2) is 5.82 Å². The van der Waals surface area contributed by atoms with Crippen molar-refractivity contribution in [1.29, 1.82) is 0 Å². The van der Waals surface area contributed by atoms with E-state index in [0.717, 1.165) is 54.0 Å². The minimum atomic E-state index is 0.140. The number of aromatic nitrogens is 3. The Balaban J connectivity index is 1.50. The summed E-state index contributed by atoms with van der Waals surface area (Å²) in [6, 6.07) is 22.2. The topological polar surface area (TPSA) is 51.1 Å². The average molecular weight is 382 g/mol. The molecule has 1 fully saturated rings. The van der Waals surface area contributed by atoms with Crippen LogP contribution in [0.25, 0.3) is 22.3 Å². The first kappa shape index (κ1) is 17.6. The summed E-state index contributed by atoms with van der Waals surface area (Å²) in [5.74, 6) is 2.59. The summed E-state index contributed by atoms with van der Waals surface area (Å²) < 4.78 is 6.24. The standard InChI is InChI=1S/C24H22N4O/c1-2-9-19(10-3-1)29-20-11-7-15-28(17-20)24-21-12-4-5-13-22(21)26-23(27-24)18-8-6-14-25-16-18/h1-6,8-10,12-14,16,20H,7,11,15,17H2/t20-/m1/s1. The van der Waals surface area contributed by atoms with Gasteiger partial charge in [-0.1, -0.05) is 30.3 Å². The number of piperidine rings is 1. The van der Waals surface area contributed by atoms with Crippen LogP contribution in [0, 0.1) is 0 Å². The van der Waals surface area contributed by atoms with E-state index < -0.39 is 0 Å². The Labute approximate surface area is 170 Å². The average Bonchev–Trinajstić information content (AvgIpc) is 2.80. The van der Waals surface area contributed by atoms with Gasteiger partial charge in [0.25, 0.3) is 0 Å². The Morgan fingerprint density at radius 2 is 1.76 bits per heavy atom. The largest absolute Gasteiger partial charge is 0.489 e. The van der Waals surface area contributed by atoms with Crippen molar-refractivity contribution in [3.05, 3.63) is 79.1 Å². The molecule has 1 aliphatic rings. The number of pyridine rings is 1. The Kier molecular flexibility index (Phi) is 4.78. The number of ether oxygens (including phenoxy) is 1. The maximum absolute atomic E-state index is 6.24. The lowest BCUT2D eigenvalue weighted by Crippen LogP contribution is -2.41. The van der Waals surface area contributed by atoms with Gasteiger partial charge in [-0.3, -0.25) is 4.98 Å². The van der Waals surface area contributed by atoms with Crippen LogP contribution in [-0.2, 0) is 0 Å². The van der Waals surface area contributed by atoms with Crippen LogP contribution in [0.4, 0.5) is 5.82 Å². The van der Waals surface area contributed by atoms with Gasteiger partial charge in [-0.15, -0.1) is 0 Å². The molecule has 0 unspecified atom stereocenters. The molecule has 2 aromatic heterocycles. The van der Waals surface area contributed by atoms with Gasteiger partial charge in [0.05, 0.1) is 12.1 Å². The summed E-state index contributed by atoms with van der Waals surface area (Å²) in [5.41, 5.74) is 1.87. The van der Waals surface area contributed by atoms with Crippen LogP contribution in [0.3, 0.4) is 0 Å². The maximum Gasteiger partial charge on any atom is 0.163 e. The molecule has 2 aromatic carbocycles. The van der Waals surface area contributed by atoms with E-state index in [1.54, 1.807) is 6.20 Å². The third-order valence-corrected chi connectivity index (χ3v) is 5.23. The van der Waals surface area contributed by atoms with E-state index in [0.29, 0.717) is 5.82 Å². The lowest BCUT2D eigenvalue weighted by molar-refractivity contribution is 0.179. The molecule has 0 N–H and O–H groups in total. The zero-order valence-electron chi connectivity index (χ0n) is 16.1. The molecule has 4 aromatic rings. The van der Waals surface area contributed by atoms with Crippen LogP contribution >= 0.6 is 0 Å². The van der Waals surface area contributed by atoms with Crippen LogP contribution in [-0.4, -0.2) is 34.1 Å². The van der Waals surface area contributed by atoms with Crippen LogP contribution < -0.4 is 9.64 Å². The van der Waals surface area contributed by atoms with Gasteiger partial charge in [0.2, 0.25) is 0 Å². The molecule has 5 nitrogen and oxygen atoms in total. The van der Waals surface area contributed by atoms with E-state index in [2.05, 4.69) is 16.0 Å². The highest BCUT2D eigenvalue weighted by Gasteiger charge is 2.24. The van der Waals surface area contributed by atoms with Crippen molar-refractivity contribution in [2.75, 3.05) is 18.0 Å². The first-order valence-corrected chi connectivity index (χ1v) is 10.0. The van der Waals surface area contributed by atoms with E-state index in [4.69, 9.17) is 14.7 Å². The molecule has 1 atom stereocenters. The van der Waals surface area contributed by atoms with Gasteiger partial charge < -0.3 is 9.64 Å². The zero-order chi connectivity index (χ0) is 19.5. The summed E-state index contributed by atoms with van der Waals surface area (Å²) in [5, 5.41) is 1.07. The van der Waals surface area contributed by atoms with Crippen LogP contribution in [0.2, 0.25) is 0 Å². The summed E-state index contributed by atoms with van der Waals surface area (Å²) >= 11 is 0. The molecule has 3 heterocycles. The number of para-hydroxylation sites is 2. The molecule has 5 heteroatoms. The first-order chi connectivity index (χ1) is 14.4. The number of benzene rings is 2. The Morgan fingerprint density at radius 1 is 0.897 bits per heavy atom. The monoisotopic (exact) mass is 382 g/mol. The fourth-order valence-electron chi connectivity index (χ4n) is 3.84. The molecule has 0 bridgehead atoms. The zero-order valence-corrected chi connectivity index (χ0v) is 16.1. The number of hydrogen-bond acceptors (Lipinski definition) is 5. The van der Waals surface area contributed by atoms with E-state index in [1.807, 2.05) is 66.9 Å². The third-order valence-electron chi connectivity index (χ3n) is 5.23. The van der Waals surface area contributed by atoms with Crippen molar-refractivity contribution in [1.82, 2.24) is 15.0 Å². The number of rotatable bonds is 4. The van der Waals surface area contributed by atoms with Crippen molar-refractivity contribution >= 4 is 16.7 Å². The van der Waals surface area contributed by atoms with E-state index in [-0.39, 0.29) is 6.10 Å². The Morgan fingerprint density at radius 3 is 2.62 bits per heavy atom. The van der Waals surface area contributed by atoms with Gasteiger partial charge in [-0.05, 0) is 49.2 Å². The van der Waals surface area contributed by atoms with Crippen LogP contribution in [0.5, 0.6) is 5.75 Å². The van der Waals surface area contributed by atoms with Crippen molar-refractivity contribution in [3.8, 4) is 17.1 Å². The highest BCUT2D eigenvalue weighted by atomic mass is 16.5. The van der Waals surface area contributed by atoms with Crippen LogP contribution in [0.1, 0.15) is 12.8 Å². The third kappa shape index (κ3) is 3.76. The fraction of sp³-hybridized carbons (Fsp3) is 0.208.